The molecule has 3 amide bonds. The Kier molecular flexibility index (Phi) is 5.54. The quantitative estimate of drug-likeness (QED) is 0.639. The van der Waals surface area contributed by atoms with E-state index in [4.69, 9.17) is 10.5 Å². The Morgan fingerprint density at radius 1 is 1.19 bits per heavy atom. The summed E-state index contributed by atoms with van der Waals surface area (Å²) in [4.78, 5) is 22.2. The van der Waals surface area contributed by atoms with Gasteiger partial charge >= 0.3 is 12.1 Å². The van der Waals surface area contributed by atoms with Gasteiger partial charge in [-0.25, -0.2) is 15.0 Å². The lowest BCUT2D eigenvalue weighted by molar-refractivity contribution is 0.0489. The van der Waals surface area contributed by atoms with Crippen molar-refractivity contribution in [1.82, 2.24) is 10.9 Å². The van der Waals surface area contributed by atoms with Crippen LogP contribution in [0.4, 0.5) is 15.3 Å². The molecule has 116 valence electrons. The number of ether oxygens (including phenoxy) is 1. The highest BCUT2D eigenvalue weighted by molar-refractivity contribution is 5.87. The van der Waals surface area contributed by atoms with Crippen molar-refractivity contribution in [1.29, 1.82) is 0 Å². The maximum atomic E-state index is 11.5. The molecule has 0 aliphatic heterocycles. The van der Waals surface area contributed by atoms with Crippen LogP contribution in [0.1, 0.15) is 39.3 Å². The minimum absolute atomic E-state index is 0.125. The lowest BCUT2D eigenvalue weighted by atomic mass is 10.1. The van der Waals surface area contributed by atoms with Gasteiger partial charge in [-0.05, 0) is 45.4 Å². The summed E-state index contributed by atoms with van der Waals surface area (Å²) in [6.07, 6.45) is -0.540. The highest BCUT2D eigenvalue weighted by atomic mass is 16.6. The van der Waals surface area contributed by atoms with E-state index in [2.05, 4.69) is 16.2 Å². The van der Waals surface area contributed by atoms with Gasteiger partial charge < -0.3 is 15.8 Å². The molecule has 0 spiro atoms. The number of carbonyl (C=O) groups excluding carboxylic acids is 2. The molecule has 1 atom stereocenters. The summed E-state index contributed by atoms with van der Waals surface area (Å²) in [5.74, 6) is 0. The Morgan fingerprint density at radius 3 is 2.24 bits per heavy atom. The molecule has 7 heteroatoms. The van der Waals surface area contributed by atoms with Gasteiger partial charge in [0.15, 0.2) is 0 Å². The zero-order valence-electron chi connectivity index (χ0n) is 12.7. The molecular formula is C14H22N4O3. The van der Waals surface area contributed by atoms with Crippen LogP contribution in [0, 0.1) is 0 Å². The third-order valence-corrected chi connectivity index (χ3v) is 2.47. The molecule has 0 saturated heterocycles. The minimum Gasteiger partial charge on any atom is -0.443 e. The largest absolute Gasteiger partial charge is 0.443 e. The summed E-state index contributed by atoms with van der Waals surface area (Å²) in [6.45, 7) is 7.26. The lowest BCUT2D eigenvalue weighted by Gasteiger charge is -2.21. The molecule has 0 aromatic heterocycles. The molecule has 1 aromatic carbocycles. The predicted octanol–water partition coefficient (Wildman–Crippen LogP) is 2.27. The molecular weight excluding hydrogens is 272 g/mol. The number of hydrogen-bond donors (Lipinski definition) is 4. The van der Waals surface area contributed by atoms with E-state index in [1.54, 1.807) is 32.9 Å². The van der Waals surface area contributed by atoms with Crippen LogP contribution in [-0.2, 0) is 4.74 Å². The number of carbonyl (C=O) groups is 2. The molecule has 0 bridgehead atoms. The molecule has 5 N–H and O–H groups in total. The van der Waals surface area contributed by atoms with Crippen molar-refractivity contribution in [3.63, 3.8) is 0 Å². The summed E-state index contributed by atoms with van der Waals surface area (Å²) in [5, 5.41) is 2.48. The third kappa shape index (κ3) is 6.62. The second-order valence-electron chi connectivity index (χ2n) is 5.60. The topological polar surface area (TPSA) is 105 Å². The maximum Gasteiger partial charge on any atom is 0.422 e. The highest BCUT2D eigenvalue weighted by Crippen LogP contribution is 2.15. The van der Waals surface area contributed by atoms with Gasteiger partial charge in [-0.3, -0.25) is 5.43 Å². The zero-order chi connectivity index (χ0) is 16.0. The predicted molar refractivity (Wildman–Crippen MR) is 80.6 cm³/mol. The summed E-state index contributed by atoms with van der Waals surface area (Å²) in [6, 6.07) is 6.36. The van der Waals surface area contributed by atoms with Crippen LogP contribution in [0.25, 0.3) is 0 Å². The summed E-state index contributed by atoms with van der Waals surface area (Å²) >= 11 is 0. The Hall–Kier alpha value is -2.28. The summed E-state index contributed by atoms with van der Waals surface area (Å²) < 4.78 is 5.11. The molecule has 1 aromatic rings. The van der Waals surface area contributed by atoms with E-state index in [9.17, 15) is 9.59 Å². The number of hydrogen-bond acceptors (Lipinski definition) is 4. The molecule has 1 unspecified atom stereocenters. The number of nitrogens with one attached hydrogen (secondary N) is 3. The first-order chi connectivity index (χ1) is 9.67. The van der Waals surface area contributed by atoms with Crippen LogP contribution in [0.2, 0.25) is 0 Å². The molecule has 21 heavy (non-hydrogen) atoms. The second-order valence-corrected chi connectivity index (χ2v) is 5.60. The molecule has 0 aliphatic carbocycles. The fourth-order valence-corrected chi connectivity index (χ4v) is 1.55. The number of primary amides is 1. The van der Waals surface area contributed by atoms with Gasteiger partial charge in [-0.15, -0.1) is 0 Å². The van der Waals surface area contributed by atoms with Gasteiger partial charge in [0.1, 0.15) is 5.60 Å². The molecule has 0 radical (unpaired) electrons. The molecule has 0 aliphatic rings. The first kappa shape index (κ1) is 16.8. The minimum atomic E-state index is -0.611. The van der Waals surface area contributed by atoms with Gasteiger partial charge in [0, 0.05) is 11.7 Å². The number of urea groups is 1. The van der Waals surface area contributed by atoms with E-state index < -0.39 is 17.7 Å². The SMILES string of the molecule is CC(NNC(=O)OC(C)(C)C)c1ccc(NC(N)=O)cc1. The van der Waals surface area contributed by atoms with Gasteiger partial charge in [-0.1, -0.05) is 12.1 Å². The van der Waals surface area contributed by atoms with E-state index in [1.165, 1.54) is 0 Å². The van der Waals surface area contributed by atoms with Gasteiger partial charge in [0.2, 0.25) is 0 Å². The first-order valence-electron chi connectivity index (χ1n) is 6.58. The Balaban J connectivity index is 2.50. The Bertz CT molecular complexity index is 494. The average Bonchev–Trinajstić information content (AvgIpc) is 2.34. The molecule has 0 heterocycles. The van der Waals surface area contributed by atoms with E-state index in [0.717, 1.165) is 5.56 Å². The van der Waals surface area contributed by atoms with Crippen molar-refractivity contribution in [3.8, 4) is 0 Å². The van der Waals surface area contributed by atoms with Gasteiger partial charge in [0.25, 0.3) is 0 Å². The van der Waals surface area contributed by atoms with Crippen LogP contribution in [0.15, 0.2) is 24.3 Å². The zero-order valence-corrected chi connectivity index (χ0v) is 12.7. The van der Waals surface area contributed by atoms with Crippen molar-refractivity contribution in [2.45, 2.75) is 39.3 Å². The number of anilines is 1. The van der Waals surface area contributed by atoms with Gasteiger partial charge in [0.05, 0.1) is 0 Å². The van der Waals surface area contributed by atoms with Crippen molar-refractivity contribution in [3.05, 3.63) is 29.8 Å². The van der Waals surface area contributed by atoms with Crippen LogP contribution >= 0.6 is 0 Å². The summed E-state index contributed by atoms with van der Waals surface area (Å²) in [5.41, 5.74) is 11.4. The lowest BCUT2D eigenvalue weighted by Crippen LogP contribution is -2.42. The maximum absolute atomic E-state index is 11.5. The Morgan fingerprint density at radius 2 is 1.76 bits per heavy atom. The van der Waals surface area contributed by atoms with Crippen LogP contribution in [-0.4, -0.2) is 17.7 Å². The number of rotatable bonds is 4. The number of hydrazine groups is 1. The standard InChI is InChI=1S/C14H22N4O3/c1-9(17-18-13(20)21-14(2,3)4)10-5-7-11(8-6-10)16-12(15)19/h5-9,17H,1-4H3,(H,18,20)(H3,15,16,19). The van der Waals surface area contributed by atoms with Crippen LogP contribution in [0.5, 0.6) is 0 Å². The van der Waals surface area contributed by atoms with E-state index >= 15 is 0 Å². The third-order valence-electron chi connectivity index (χ3n) is 2.47. The van der Waals surface area contributed by atoms with Crippen molar-refractivity contribution in [2.75, 3.05) is 5.32 Å². The number of amides is 3. The monoisotopic (exact) mass is 294 g/mol. The molecule has 0 fully saturated rings. The number of benzene rings is 1. The van der Waals surface area contributed by atoms with E-state index in [-0.39, 0.29) is 6.04 Å². The van der Waals surface area contributed by atoms with Crippen LogP contribution in [0.3, 0.4) is 0 Å². The highest BCUT2D eigenvalue weighted by Gasteiger charge is 2.16. The Labute approximate surface area is 124 Å². The van der Waals surface area contributed by atoms with E-state index in [1.807, 2.05) is 19.1 Å². The first-order valence-corrected chi connectivity index (χ1v) is 6.58. The smallest absolute Gasteiger partial charge is 0.422 e. The van der Waals surface area contributed by atoms with E-state index in [0.29, 0.717) is 5.69 Å². The van der Waals surface area contributed by atoms with Crippen LogP contribution < -0.4 is 21.9 Å². The fourth-order valence-electron chi connectivity index (χ4n) is 1.55. The normalized spacial score (nSPS) is 12.4. The summed E-state index contributed by atoms with van der Waals surface area (Å²) in [7, 11) is 0. The second kappa shape index (κ2) is 6.94. The molecule has 0 saturated carbocycles. The molecule has 7 nitrogen and oxygen atoms in total. The molecule has 1 rings (SSSR count). The number of nitrogens with two attached hydrogens (primary N) is 1. The van der Waals surface area contributed by atoms with Crippen molar-refractivity contribution >= 4 is 17.8 Å². The average molecular weight is 294 g/mol. The van der Waals surface area contributed by atoms with Crippen molar-refractivity contribution < 1.29 is 14.3 Å². The van der Waals surface area contributed by atoms with Crippen molar-refractivity contribution in [2.24, 2.45) is 5.73 Å². The fraction of sp³-hybridized carbons (Fsp3) is 0.429. The van der Waals surface area contributed by atoms with Gasteiger partial charge in [-0.2, -0.15) is 0 Å².